The lowest BCUT2D eigenvalue weighted by Crippen LogP contribution is -2.00. The molecule has 0 spiro atoms. The SMILES string of the molecule is N#Cc1cnc2c(F)cc(F)c(F)c2c1N. The van der Waals surface area contributed by atoms with Crippen LogP contribution in [0.3, 0.4) is 0 Å². The fraction of sp³-hybridized carbons (Fsp3) is 0. The van der Waals surface area contributed by atoms with Crippen LogP contribution in [-0.2, 0) is 0 Å². The van der Waals surface area contributed by atoms with Crippen LogP contribution >= 0.6 is 0 Å². The molecule has 0 fully saturated rings. The molecule has 0 amide bonds. The van der Waals surface area contributed by atoms with Gasteiger partial charge in [-0.15, -0.1) is 0 Å². The molecule has 0 bridgehead atoms. The molecule has 80 valence electrons. The summed E-state index contributed by atoms with van der Waals surface area (Å²) in [6.45, 7) is 0. The fourth-order valence-corrected chi connectivity index (χ4v) is 1.38. The van der Waals surface area contributed by atoms with E-state index in [1.54, 1.807) is 6.07 Å². The highest BCUT2D eigenvalue weighted by molar-refractivity contribution is 5.93. The predicted molar refractivity (Wildman–Crippen MR) is 50.7 cm³/mol. The zero-order chi connectivity index (χ0) is 11.9. The number of anilines is 1. The summed E-state index contributed by atoms with van der Waals surface area (Å²) in [5.74, 6) is -3.70. The summed E-state index contributed by atoms with van der Waals surface area (Å²) in [6.07, 6.45) is 1.01. The smallest absolute Gasteiger partial charge is 0.170 e. The summed E-state index contributed by atoms with van der Waals surface area (Å²) in [5, 5.41) is 8.12. The van der Waals surface area contributed by atoms with Crippen molar-refractivity contribution < 1.29 is 13.2 Å². The second-order valence-electron chi connectivity index (χ2n) is 3.08. The van der Waals surface area contributed by atoms with E-state index in [1.165, 1.54) is 0 Å². The number of rotatable bonds is 0. The van der Waals surface area contributed by atoms with Gasteiger partial charge in [-0.1, -0.05) is 0 Å². The number of nitrogen functional groups attached to an aromatic ring is 1. The van der Waals surface area contributed by atoms with E-state index in [4.69, 9.17) is 11.0 Å². The van der Waals surface area contributed by atoms with E-state index in [0.717, 1.165) is 6.20 Å². The normalized spacial score (nSPS) is 10.4. The molecule has 3 nitrogen and oxygen atoms in total. The Bertz CT molecular complexity index is 631. The van der Waals surface area contributed by atoms with Gasteiger partial charge in [-0.25, -0.2) is 13.2 Å². The average Bonchev–Trinajstić information content (AvgIpc) is 2.26. The highest BCUT2D eigenvalue weighted by Crippen LogP contribution is 2.28. The fourth-order valence-electron chi connectivity index (χ4n) is 1.38. The second kappa shape index (κ2) is 3.38. The molecule has 0 aliphatic heterocycles. The molecule has 1 heterocycles. The molecule has 0 aliphatic rings. The zero-order valence-corrected chi connectivity index (χ0v) is 7.76. The molecule has 0 saturated heterocycles. The van der Waals surface area contributed by atoms with Crippen LogP contribution in [0.5, 0.6) is 0 Å². The summed E-state index contributed by atoms with van der Waals surface area (Å²) in [6, 6.07) is 2.04. The zero-order valence-electron chi connectivity index (χ0n) is 7.76. The van der Waals surface area contributed by atoms with E-state index in [-0.39, 0.29) is 11.3 Å². The molecule has 0 radical (unpaired) electrons. The number of fused-ring (bicyclic) bond motifs is 1. The van der Waals surface area contributed by atoms with E-state index in [9.17, 15) is 13.2 Å². The molecule has 0 aliphatic carbocycles. The van der Waals surface area contributed by atoms with Gasteiger partial charge in [0.1, 0.15) is 11.6 Å². The summed E-state index contributed by atoms with van der Waals surface area (Å²) >= 11 is 0. The number of pyridine rings is 1. The molecule has 16 heavy (non-hydrogen) atoms. The van der Waals surface area contributed by atoms with E-state index in [0.29, 0.717) is 6.07 Å². The number of nitrogens with zero attached hydrogens (tertiary/aromatic N) is 2. The summed E-state index contributed by atoms with van der Waals surface area (Å²) in [7, 11) is 0. The Balaban J connectivity index is 3.04. The van der Waals surface area contributed by atoms with Gasteiger partial charge in [-0.3, -0.25) is 4.98 Å². The summed E-state index contributed by atoms with van der Waals surface area (Å²) < 4.78 is 39.6. The lowest BCUT2D eigenvalue weighted by Gasteiger charge is -2.05. The minimum absolute atomic E-state index is 0.128. The minimum atomic E-state index is -1.37. The van der Waals surface area contributed by atoms with Crippen molar-refractivity contribution in [3.05, 3.63) is 35.3 Å². The molecular weight excluding hydrogens is 219 g/mol. The van der Waals surface area contributed by atoms with Crippen LogP contribution in [0.4, 0.5) is 18.9 Å². The first-order chi connectivity index (χ1) is 7.56. The van der Waals surface area contributed by atoms with Crippen molar-refractivity contribution in [1.29, 1.82) is 5.26 Å². The van der Waals surface area contributed by atoms with Gasteiger partial charge in [-0.05, 0) is 0 Å². The van der Waals surface area contributed by atoms with Gasteiger partial charge in [0.25, 0.3) is 0 Å². The molecule has 2 aromatic rings. The number of nitrogens with two attached hydrogens (primary N) is 1. The van der Waals surface area contributed by atoms with Gasteiger partial charge < -0.3 is 5.73 Å². The number of benzene rings is 1. The Labute approximate surface area is 87.9 Å². The second-order valence-corrected chi connectivity index (χ2v) is 3.08. The van der Waals surface area contributed by atoms with Crippen molar-refractivity contribution in [2.75, 3.05) is 5.73 Å². The van der Waals surface area contributed by atoms with E-state index >= 15 is 0 Å². The lowest BCUT2D eigenvalue weighted by atomic mass is 10.1. The first-order valence-corrected chi connectivity index (χ1v) is 4.18. The molecule has 6 heteroatoms. The van der Waals surface area contributed by atoms with Crippen LogP contribution < -0.4 is 5.73 Å². The average molecular weight is 223 g/mol. The maximum absolute atomic E-state index is 13.4. The van der Waals surface area contributed by atoms with Crippen LogP contribution in [0, 0.1) is 28.8 Å². The van der Waals surface area contributed by atoms with Gasteiger partial charge in [0.2, 0.25) is 0 Å². The third-order valence-electron chi connectivity index (χ3n) is 2.15. The van der Waals surface area contributed by atoms with E-state index in [2.05, 4.69) is 4.98 Å². The standard InChI is InChI=1S/C10H4F3N3/c11-5-1-6(12)10-7(8(5)13)9(15)4(2-14)3-16-10/h1,3H,(H2,15,16). The number of hydrogen-bond donors (Lipinski definition) is 1. The van der Waals surface area contributed by atoms with Crippen molar-refractivity contribution in [2.24, 2.45) is 0 Å². The molecule has 1 aromatic carbocycles. The first kappa shape index (κ1) is 10.2. The number of aromatic nitrogens is 1. The van der Waals surface area contributed by atoms with Gasteiger partial charge in [0.05, 0.1) is 16.6 Å². The van der Waals surface area contributed by atoms with Gasteiger partial charge in [-0.2, -0.15) is 5.26 Å². The molecular formula is C10H4F3N3. The first-order valence-electron chi connectivity index (χ1n) is 4.18. The third-order valence-corrected chi connectivity index (χ3v) is 2.15. The lowest BCUT2D eigenvalue weighted by molar-refractivity contribution is 0.505. The van der Waals surface area contributed by atoms with Crippen molar-refractivity contribution in [3.63, 3.8) is 0 Å². The quantitative estimate of drug-likeness (QED) is 0.695. The van der Waals surface area contributed by atoms with Crippen LogP contribution in [0.25, 0.3) is 10.9 Å². The van der Waals surface area contributed by atoms with Gasteiger partial charge in [0, 0.05) is 12.3 Å². The number of nitriles is 1. The molecule has 1 aromatic heterocycles. The highest BCUT2D eigenvalue weighted by Gasteiger charge is 2.17. The largest absolute Gasteiger partial charge is 0.397 e. The van der Waals surface area contributed by atoms with E-state index in [1.807, 2.05) is 0 Å². The van der Waals surface area contributed by atoms with E-state index < -0.39 is 28.4 Å². The van der Waals surface area contributed by atoms with Crippen LogP contribution in [0.15, 0.2) is 12.3 Å². The minimum Gasteiger partial charge on any atom is -0.397 e. The van der Waals surface area contributed by atoms with Crippen LogP contribution in [0.2, 0.25) is 0 Å². The van der Waals surface area contributed by atoms with Crippen LogP contribution in [-0.4, -0.2) is 4.98 Å². The van der Waals surface area contributed by atoms with Crippen molar-refractivity contribution in [1.82, 2.24) is 4.98 Å². The van der Waals surface area contributed by atoms with Crippen molar-refractivity contribution >= 4 is 16.6 Å². The maximum Gasteiger partial charge on any atom is 0.170 e. The Kier molecular flexibility index (Phi) is 2.16. The number of hydrogen-bond acceptors (Lipinski definition) is 3. The van der Waals surface area contributed by atoms with Crippen LogP contribution in [0.1, 0.15) is 5.56 Å². The topological polar surface area (TPSA) is 62.7 Å². The Morgan fingerprint density at radius 3 is 2.56 bits per heavy atom. The van der Waals surface area contributed by atoms with Gasteiger partial charge >= 0.3 is 0 Å². The van der Waals surface area contributed by atoms with Crippen molar-refractivity contribution in [3.8, 4) is 6.07 Å². The Hall–Kier alpha value is -2.29. The summed E-state index contributed by atoms with van der Waals surface area (Å²) in [4.78, 5) is 3.53. The monoisotopic (exact) mass is 223 g/mol. The Morgan fingerprint density at radius 2 is 1.94 bits per heavy atom. The molecule has 0 saturated carbocycles. The highest BCUT2D eigenvalue weighted by atomic mass is 19.2. The molecule has 2 N–H and O–H groups in total. The molecule has 2 rings (SSSR count). The van der Waals surface area contributed by atoms with Gasteiger partial charge in [0.15, 0.2) is 17.5 Å². The molecule has 0 atom stereocenters. The molecule has 0 unspecified atom stereocenters. The predicted octanol–water partition coefficient (Wildman–Crippen LogP) is 2.11. The number of halogens is 3. The summed E-state index contributed by atoms with van der Waals surface area (Å²) in [5.41, 5.74) is 4.59. The van der Waals surface area contributed by atoms with Crippen molar-refractivity contribution in [2.45, 2.75) is 0 Å². The maximum atomic E-state index is 13.4. The Morgan fingerprint density at radius 1 is 1.25 bits per heavy atom. The third kappa shape index (κ3) is 1.26.